The molecule has 1 rings (SSSR count). The summed E-state index contributed by atoms with van der Waals surface area (Å²) in [7, 11) is -3.82. The summed E-state index contributed by atoms with van der Waals surface area (Å²) in [6, 6.07) is 2.27. The lowest BCUT2D eigenvalue weighted by atomic mass is 10.2. The molecule has 0 spiro atoms. The Morgan fingerprint density at radius 3 is 2.67 bits per heavy atom. The van der Waals surface area contributed by atoms with Crippen molar-refractivity contribution in [3.63, 3.8) is 0 Å². The van der Waals surface area contributed by atoms with E-state index in [-0.39, 0.29) is 10.6 Å². The normalized spacial score (nSPS) is 13.3. The van der Waals surface area contributed by atoms with Gasteiger partial charge in [-0.05, 0) is 24.6 Å². The smallest absolute Gasteiger partial charge is 0.321 e. The number of carboxylic acids is 1. The van der Waals surface area contributed by atoms with Gasteiger partial charge in [0.25, 0.3) is 0 Å². The highest BCUT2D eigenvalue weighted by molar-refractivity contribution is 7.88. The molecule has 0 aliphatic rings. The van der Waals surface area contributed by atoms with Crippen LogP contribution >= 0.6 is 11.6 Å². The highest BCUT2D eigenvalue weighted by Gasteiger charge is 2.20. The van der Waals surface area contributed by atoms with Crippen molar-refractivity contribution < 1.29 is 22.7 Å². The van der Waals surface area contributed by atoms with Crippen molar-refractivity contribution in [1.29, 1.82) is 0 Å². The second kappa shape index (κ2) is 5.64. The number of hydrogen-bond acceptors (Lipinski definition) is 3. The van der Waals surface area contributed by atoms with E-state index < -0.39 is 33.6 Å². The van der Waals surface area contributed by atoms with Crippen LogP contribution in [-0.2, 0) is 20.6 Å². The zero-order chi connectivity index (χ0) is 13.9. The van der Waals surface area contributed by atoms with Crippen molar-refractivity contribution in [3.05, 3.63) is 34.6 Å². The monoisotopic (exact) mass is 295 g/mol. The van der Waals surface area contributed by atoms with Gasteiger partial charge in [0.05, 0.1) is 10.8 Å². The molecule has 0 aliphatic heterocycles. The van der Waals surface area contributed by atoms with E-state index in [2.05, 4.69) is 0 Å². The average molecular weight is 296 g/mol. The first kappa shape index (κ1) is 14.9. The number of carboxylic acid groups (broad SMARTS) is 1. The van der Waals surface area contributed by atoms with Crippen LogP contribution in [0.3, 0.4) is 0 Å². The molecule has 5 nitrogen and oxygen atoms in total. The minimum absolute atomic E-state index is 0.186. The Kier molecular flexibility index (Phi) is 4.66. The topological polar surface area (TPSA) is 83.5 Å². The minimum Gasteiger partial charge on any atom is -0.480 e. The molecule has 8 heteroatoms. The number of hydrogen-bond donors (Lipinski definition) is 2. The molecule has 0 saturated heterocycles. The van der Waals surface area contributed by atoms with Crippen LogP contribution in [0.25, 0.3) is 0 Å². The van der Waals surface area contributed by atoms with Gasteiger partial charge in [-0.3, -0.25) is 4.79 Å². The standard InChI is InChI=1S/C10H11ClFNO4S/c1-6(10(14)15)13-18(16,17)5-7-2-3-9(12)8(11)4-7/h2-4,6,13H,5H2,1H3,(H,14,15)/t6-/m0/s1. The van der Waals surface area contributed by atoms with Crippen LogP contribution < -0.4 is 4.72 Å². The van der Waals surface area contributed by atoms with E-state index in [1.165, 1.54) is 19.1 Å². The SMILES string of the molecule is C[C@H](NS(=O)(=O)Cc1ccc(F)c(Cl)c1)C(=O)O. The lowest BCUT2D eigenvalue weighted by molar-refractivity contribution is -0.138. The Bertz CT molecular complexity index is 561. The molecule has 0 aliphatic carbocycles. The summed E-state index contributed by atoms with van der Waals surface area (Å²) in [5.41, 5.74) is 0.270. The van der Waals surface area contributed by atoms with Gasteiger partial charge in [-0.25, -0.2) is 17.5 Å². The second-order valence-corrected chi connectivity index (χ2v) is 5.85. The summed E-state index contributed by atoms with van der Waals surface area (Å²) in [6.07, 6.45) is 0. The van der Waals surface area contributed by atoms with Crippen LogP contribution in [-0.4, -0.2) is 25.5 Å². The van der Waals surface area contributed by atoms with Crippen LogP contribution in [0.5, 0.6) is 0 Å². The molecule has 100 valence electrons. The van der Waals surface area contributed by atoms with E-state index >= 15 is 0 Å². The zero-order valence-electron chi connectivity index (χ0n) is 9.35. The lowest BCUT2D eigenvalue weighted by Gasteiger charge is -2.10. The fraction of sp³-hybridized carbons (Fsp3) is 0.300. The predicted octanol–water partition coefficient (Wildman–Crippen LogP) is 1.37. The van der Waals surface area contributed by atoms with Crippen molar-refractivity contribution in [3.8, 4) is 0 Å². The minimum atomic E-state index is -3.82. The molecule has 0 fully saturated rings. The Morgan fingerprint density at radius 1 is 1.56 bits per heavy atom. The Labute approximate surface area is 109 Å². The maximum absolute atomic E-state index is 12.9. The summed E-state index contributed by atoms with van der Waals surface area (Å²) in [5.74, 6) is -2.40. The first-order chi connectivity index (χ1) is 8.21. The van der Waals surface area contributed by atoms with Crippen molar-refractivity contribution in [2.45, 2.75) is 18.7 Å². The van der Waals surface area contributed by atoms with E-state index in [1.807, 2.05) is 4.72 Å². The third kappa shape index (κ3) is 4.25. The molecular formula is C10H11ClFNO4S. The number of nitrogens with one attached hydrogen (secondary N) is 1. The van der Waals surface area contributed by atoms with Crippen LogP contribution in [0.1, 0.15) is 12.5 Å². The van der Waals surface area contributed by atoms with Gasteiger partial charge in [0.1, 0.15) is 11.9 Å². The quantitative estimate of drug-likeness (QED) is 0.859. The molecule has 1 aromatic rings. The van der Waals surface area contributed by atoms with Gasteiger partial charge >= 0.3 is 5.97 Å². The third-order valence-corrected chi connectivity index (χ3v) is 3.78. The van der Waals surface area contributed by atoms with Crippen LogP contribution in [0, 0.1) is 5.82 Å². The van der Waals surface area contributed by atoms with Gasteiger partial charge in [0, 0.05) is 0 Å². The molecule has 0 aromatic heterocycles. The first-order valence-corrected chi connectivity index (χ1v) is 6.91. The van der Waals surface area contributed by atoms with Gasteiger partial charge < -0.3 is 5.11 Å². The average Bonchev–Trinajstić information content (AvgIpc) is 2.22. The molecule has 2 N–H and O–H groups in total. The number of halogens is 2. The number of rotatable bonds is 5. The van der Waals surface area contributed by atoms with Gasteiger partial charge in [-0.1, -0.05) is 17.7 Å². The molecule has 18 heavy (non-hydrogen) atoms. The molecule has 1 atom stereocenters. The molecule has 0 bridgehead atoms. The maximum atomic E-state index is 12.9. The highest BCUT2D eigenvalue weighted by Crippen LogP contribution is 2.17. The molecule has 0 heterocycles. The maximum Gasteiger partial charge on any atom is 0.321 e. The Hall–Kier alpha value is -1.18. The summed E-state index contributed by atoms with van der Waals surface area (Å²) in [4.78, 5) is 10.5. The zero-order valence-corrected chi connectivity index (χ0v) is 10.9. The lowest BCUT2D eigenvalue weighted by Crippen LogP contribution is -2.38. The molecule has 0 saturated carbocycles. The summed E-state index contributed by atoms with van der Waals surface area (Å²) in [5, 5.41) is 8.41. The Morgan fingerprint density at radius 2 is 2.17 bits per heavy atom. The fourth-order valence-corrected chi connectivity index (χ4v) is 2.75. The number of sulfonamides is 1. The van der Waals surface area contributed by atoms with E-state index in [1.54, 1.807) is 0 Å². The second-order valence-electron chi connectivity index (χ2n) is 3.69. The Balaban J connectivity index is 2.82. The fourth-order valence-electron chi connectivity index (χ4n) is 1.21. The predicted molar refractivity (Wildman–Crippen MR) is 64.3 cm³/mol. The number of benzene rings is 1. The molecule has 0 unspecified atom stereocenters. The van der Waals surface area contributed by atoms with Crippen molar-refractivity contribution >= 4 is 27.6 Å². The summed E-state index contributed by atoms with van der Waals surface area (Å²) < 4.78 is 38.0. The summed E-state index contributed by atoms with van der Waals surface area (Å²) >= 11 is 5.51. The largest absolute Gasteiger partial charge is 0.480 e. The van der Waals surface area contributed by atoms with E-state index in [0.29, 0.717) is 0 Å². The van der Waals surface area contributed by atoms with Gasteiger partial charge in [0.15, 0.2) is 0 Å². The van der Waals surface area contributed by atoms with Gasteiger partial charge in [-0.15, -0.1) is 0 Å². The highest BCUT2D eigenvalue weighted by atomic mass is 35.5. The molecule has 0 amide bonds. The van der Waals surface area contributed by atoms with Gasteiger partial charge in [-0.2, -0.15) is 0 Å². The molecular weight excluding hydrogens is 285 g/mol. The van der Waals surface area contributed by atoms with Crippen molar-refractivity contribution in [2.75, 3.05) is 0 Å². The summed E-state index contributed by atoms with van der Waals surface area (Å²) in [6.45, 7) is 1.21. The molecule has 0 radical (unpaired) electrons. The van der Waals surface area contributed by atoms with Crippen molar-refractivity contribution in [1.82, 2.24) is 4.72 Å². The van der Waals surface area contributed by atoms with E-state index in [0.717, 1.165) is 6.07 Å². The van der Waals surface area contributed by atoms with Crippen LogP contribution in [0.15, 0.2) is 18.2 Å². The first-order valence-electron chi connectivity index (χ1n) is 4.88. The number of aliphatic carboxylic acids is 1. The van der Waals surface area contributed by atoms with Crippen LogP contribution in [0.2, 0.25) is 5.02 Å². The number of carbonyl (C=O) groups is 1. The van der Waals surface area contributed by atoms with Gasteiger partial charge in [0.2, 0.25) is 10.0 Å². The third-order valence-electron chi connectivity index (χ3n) is 2.07. The van der Waals surface area contributed by atoms with Crippen LogP contribution in [0.4, 0.5) is 4.39 Å². The molecule has 1 aromatic carbocycles. The van der Waals surface area contributed by atoms with E-state index in [9.17, 15) is 17.6 Å². The van der Waals surface area contributed by atoms with Crippen molar-refractivity contribution in [2.24, 2.45) is 0 Å². The van der Waals surface area contributed by atoms with E-state index in [4.69, 9.17) is 16.7 Å².